The topological polar surface area (TPSA) is 69.0 Å². The molecule has 0 saturated heterocycles. The molecule has 0 radical (unpaired) electrons. The zero-order valence-corrected chi connectivity index (χ0v) is 19.3. The molecule has 3 aromatic carbocycles. The van der Waals surface area contributed by atoms with Gasteiger partial charge in [-0.05, 0) is 49.7 Å². The standard InChI is InChI=1S/C28H23FN4O2/c1-18-9-8-10-20(15-18)27-26-19(2)16-25(31-28(26)33(32-27)21-11-4-3-5-12-21)35-17-24(34)30-23-14-7-6-13-22(23)29/h3-16H,17H2,1-2H3,(H,30,34). The van der Waals surface area contributed by atoms with Gasteiger partial charge in [-0.25, -0.2) is 9.07 Å². The van der Waals surface area contributed by atoms with Crippen LogP contribution in [0.1, 0.15) is 11.1 Å². The van der Waals surface area contributed by atoms with E-state index in [1.165, 1.54) is 12.1 Å². The van der Waals surface area contributed by atoms with Gasteiger partial charge in [0, 0.05) is 11.6 Å². The van der Waals surface area contributed by atoms with E-state index in [-0.39, 0.29) is 18.2 Å². The number of ether oxygens (including phenoxy) is 1. The van der Waals surface area contributed by atoms with E-state index in [4.69, 9.17) is 14.8 Å². The predicted molar refractivity (Wildman–Crippen MR) is 134 cm³/mol. The first-order valence-corrected chi connectivity index (χ1v) is 11.2. The number of hydrogen-bond donors (Lipinski definition) is 1. The first-order chi connectivity index (χ1) is 17.0. The quantitative estimate of drug-likeness (QED) is 0.340. The van der Waals surface area contributed by atoms with E-state index < -0.39 is 11.7 Å². The number of carbonyl (C=O) groups is 1. The smallest absolute Gasteiger partial charge is 0.262 e. The first kappa shape index (κ1) is 22.3. The summed E-state index contributed by atoms with van der Waals surface area (Å²) in [5, 5.41) is 8.33. The third-order valence-electron chi connectivity index (χ3n) is 5.60. The average molecular weight is 467 g/mol. The van der Waals surface area contributed by atoms with Gasteiger partial charge in [0.2, 0.25) is 5.88 Å². The van der Waals surface area contributed by atoms with Gasteiger partial charge in [-0.15, -0.1) is 0 Å². The van der Waals surface area contributed by atoms with Crippen molar-refractivity contribution in [1.82, 2.24) is 14.8 Å². The van der Waals surface area contributed by atoms with Crippen LogP contribution < -0.4 is 10.1 Å². The number of nitrogens with one attached hydrogen (secondary N) is 1. The molecular weight excluding hydrogens is 443 g/mol. The fourth-order valence-corrected chi connectivity index (χ4v) is 3.98. The number of fused-ring (bicyclic) bond motifs is 1. The Morgan fingerprint density at radius 2 is 1.74 bits per heavy atom. The van der Waals surface area contributed by atoms with E-state index in [1.54, 1.807) is 22.9 Å². The summed E-state index contributed by atoms with van der Waals surface area (Å²) in [5.41, 5.74) is 5.45. The summed E-state index contributed by atoms with van der Waals surface area (Å²) >= 11 is 0. The monoisotopic (exact) mass is 466 g/mol. The lowest BCUT2D eigenvalue weighted by Gasteiger charge is -2.09. The Kier molecular flexibility index (Phi) is 5.97. The molecule has 6 nitrogen and oxygen atoms in total. The van der Waals surface area contributed by atoms with E-state index in [0.29, 0.717) is 5.65 Å². The van der Waals surface area contributed by atoms with E-state index >= 15 is 0 Å². The summed E-state index contributed by atoms with van der Waals surface area (Å²) in [7, 11) is 0. The zero-order valence-electron chi connectivity index (χ0n) is 19.3. The van der Waals surface area contributed by atoms with Gasteiger partial charge in [0.15, 0.2) is 12.3 Å². The van der Waals surface area contributed by atoms with Crippen LogP contribution in [0.2, 0.25) is 0 Å². The minimum Gasteiger partial charge on any atom is -0.467 e. The summed E-state index contributed by atoms with van der Waals surface area (Å²) in [6.45, 7) is 3.70. The average Bonchev–Trinajstić information content (AvgIpc) is 3.25. The van der Waals surface area contributed by atoms with Crippen molar-refractivity contribution in [2.75, 3.05) is 11.9 Å². The second kappa shape index (κ2) is 9.38. The number of halogens is 1. The van der Waals surface area contributed by atoms with Gasteiger partial charge in [-0.1, -0.05) is 54.1 Å². The number of nitrogens with zero attached hydrogens (tertiary/aromatic N) is 3. The maximum Gasteiger partial charge on any atom is 0.262 e. The van der Waals surface area contributed by atoms with Gasteiger partial charge in [0.25, 0.3) is 5.91 Å². The van der Waals surface area contributed by atoms with Crippen LogP contribution in [0.5, 0.6) is 5.88 Å². The summed E-state index contributed by atoms with van der Waals surface area (Å²) in [5.74, 6) is -0.704. The fraction of sp³-hybridized carbons (Fsp3) is 0.107. The Hall–Kier alpha value is -4.52. The number of aromatic nitrogens is 3. The molecule has 2 aromatic heterocycles. The maximum absolute atomic E-state index is 13.8. The van der Waals surface area contributed by atoms with E-state index in [1.807, 2.05) is 62.4 Å². The van der Waals surface area contributed by atoms with Crippen molar-refractivity contribution in [3.05, 3.63) is 102 Å². The highest BCUT2D eigenvalue weighted by molar-refractivity contribution is 5.95. The van der Waals surface area contributed by atoms with Gasteiger partial charge in [-0.3, -0.25) is 4.79 Å². The minimum atomic E-state index is -0.508. The van der Waals surface area contributed by atoms with Gasteiger partial charge < -0.3 is 10.1 Å². The molecule has 174 valence electrons. The van der Waals surface area contributed by atoms with Crippen molar-refractivity contribution in [3.8, 4) is 22.8 Å². The molecule has 0 aliphatic carbocycles. The number of hydrogen-bond acceptors (Lipinski definition) is 4. The molecule has 35 heavy (non-hydrogen) atoms. The lowest BCUT2D eigenvalue weighted by Crippen LogP contribution is -2.21. The normalized spacial score (nSPS) is 10.9. The summed E-state index contributed by atoms with van der Waals surface area (Å²) in [6.07, 6.45) is 0. The van der Waals surface area contributed by atoms with Crippen molar-refractivity contribution < 1.29 is 13.9 Å². The highest BCUT2D eigenvalue weighted by Gasteiger charge is 2.19. The van der Waals surface area contributed by atoms with Crippen molar-refractivity contribution in [3.63, 3.8) is 0 Å². The molecule has 0 spiro atoms. The van der Waals surface area contributed by atoms with Crippen molar-refractivity contribution in [2.45, 2.75) is 13.8 Å². The number of benzene rings is 3. The third-order valence-corrected chi connectivity index (χ3v) is 5.60. The second-order valence-electron chi connectivity index (χ2n) is 8.26. The summed E-state index contributed by atoms with van der Waals surface area (Å²) in [6, 6.07) is 25.7. The molecular formula is C28H23FN4O2. The highest BCUT2D eigenvalue weighted by atomic mass is 19.1. The number of pyridine rings is 1. The largest absolute Gasteiger partial charge is 0.467 e. The Labute approximate surface area is 202 Å². The van der Waals surface area contributed by atoms with Gasteiger partial charge in [0.1, 0.15) is 11.5 Å². The highest BCUT2D eigenvalue weighted by Crippen LogP contribution is 2.33. The lowest BCUT2D eigenvalue weighted by molar-refractivity contribution is -0.118. The molecule has 5 rings (SSSR count). The molecule has 1 N–H and O–H groups in total. The molecule has 5 aromatic rings. The molecule has 0 saturated carbocycles. The molecule has 0 unspecified atom stereocenters. The molecule has 1 amide bonds. The zero-order chi connectivity index (χ0) is 24.4. The number of para-hydroxylation sites is 2. The van der Waals surface area contributed by atoms with Crippen molar-refractivity contribution in [2.24, 2.45) is 0 Å². The number of carbonyl (C=O) groups excluding carboxylic acids is 1. The van der Waals surface area contributed by atoms with Crippen LogP contribution >= 0.6 is 0 Å². The Bertz CT molecular complexity index is 1530. The Morgan fingerprint density at radius 3 is 2.51 bits per heavy atom. The molecule has 0 aliphatic rings. The Balaban J connectivity index is 1.51. The number of anilines is 1. The van der Waals surface area contributed by atoms with Crippen molar-refractivity contribution >= 4 is 22.6 Å². The van der Waals surface area contributed by atoms with Gasteiger partial charge in [0.05, 0.1) is 16.8 Å². The maximum atomic E-state index is 13.8. The minimum absolute atomic E-state index is 0.102. The second-order valence-corrected chi connectivity index (χ2v) is 8.26. The van der Waals surface area contributed by atoms with Crippen LogP contribution in [-0.2, 0) is 4.79 Å². The van der Waals surface area contributed by atoms with Crippen LogP contribution in [0.15, 0.2) is 84.9 Å². The number of amides is 1. The third kappa shape index (κ3) is 4.61. The van der Waals surface area contributed by atoms with Crippen LogP contribution in [-0.4, -0.2) is 27.3 Å². The number of aryl methyl sites for hydroxylation is 2. The molecule has 2 heterocycles. The number of rotatable bonds is 6. The first-order valence-electron chi connectivity index (χ1n) is 11.2. The van der Waals surface area contributed by atoms with Gasteiger partial charge in [-0.2, -0.15) is 10.1 Å². The molecule has 0 fully saturated rings. The predicted octanol–water partition coefficient (Wildman–Crippen LogP) is 5.86. The van der Waals surface area contributed by atoms with Crippen LogP contribution in [0.4, 0.5) is 10.1 Å². The summed E-state index contributed by atoms with van der Waals surface area (Å²) in [4.78, 5) is 17.0. The summed E-state index contributed by atoms with van der Waals surface area (Å²) < 4.78 is 21.3. The molecule has 0 bridgehead atoms. The molecule has 0 atom stereocenters. The van der Waals surface area contributed by atoms with Crippen molar-refractivity contribution in [1.29, 1.82) is 0 Å². The lowest BCUT2D eigenvalue weighted by atomic mass is 10.0. The fourth-order valence-electron chi connectivity index (χ4n) is 3.98. The Morgan fingerprint density at radius 1 is 0.971 bits per heavy atom. The SMILES string of the molecule is Cc1cccc(-c2nn(-c3ccccc3)c3nc(OCC(=O)Nc4ccccc4F)cc(C)c23)c1. The van der Waals surface area contributed by atoms with Gasteiger partial charge >= 0.3 is 0 Å². The van der Waals surface area contributed by atoms with Crippen LogP contribution in [0.3, 0.4) is 0 Å². The van der Waals surface area contributed by atoms with E-state index in [2.05, 4.69) is 11.4 Å². The molecule has 7 heteroatoms. The van der Waals surface area contributed by atoms with E-state index in [9.17, 15) is 9.18 Å². The van der Waals surface area contributed by atoms with Crippen LogP contribution in [0.25, 0.3) is 28.0 Å². The van der Waals surface area contributed by atoms with Crippen LogP contribution in [0, 0.1) is 19.7 Å². The molecule has 0 aliphatic heterocycles. The van der Waals surface area contributed by atoms with E-state index in [0.717, 1.165) is 33.5 Å².